The first-order chi connectivity index (χ1) is 16.7. The highest BCUT2D eigenvalue weighted by Crippen LogP contribution is 2.38. The first kappa shape index (κ1) is 26.4. The normalized spacial score (nSPS) is 12.2. The maximum atomic E-state index is 13.2. The van der Waals surface area contributed by atoms with Gasteiger partial charge in [-0.05, 0) is 71.3 Å². The highest BCUT2D eigenvalue weighted by atomic mass is 32.1. The first-order valence-corrected chi connectivity index (χ1v) is 11.9. The third-order valence-electron chi connectivity index (χ3n) is 5.57. The molecule has 184 valence electrons. The molecule has 0 bridgehead atoms. The number of methoxy groups -OCH3 is 1. The number of allylic oxidation sites excluding steroid dienone is 1. The van der Waals surface area contributed by atoms with Crippen LogP contribution >= 0.6 is 11.3 Å². The number of carbonyl (C=O) groups excluding carboxylic acids is 2. The van der Waals surface area contributed by atoms with Crippen LogP contribution in [0.15, 0.2) is 48.6 Å². The van der Waals surface area contributed by atoms with Crippen LogP contribution in [0.3, 0.4) is 0 Å². The van der Waals surface area contributed by atoms with Gasteiger partial charge in [-0.15, -0.1) is 11.3 Å². The number of ether oxygens (including phenoxy) is 1. The highest BCUT2D eigenvalue weighted by Gasteiger charge is 2.31. The molecule has 0 saturated heterocycles. The van der Waals surface area contributed by atoms with Crippen molar-refractivity contribution in [3.05, 3.63) is 81.2 Å². The van der Waals surface area contributed by atoms with E-state index in [1.54, 1.807) is 30.4 Å². The number of halogens is 3. The summed E-state index contributed by atoms with van der Waals surface area (Å²) in [4.78, 5) is 25.0. The lowest BCUT2D eigenvalue weighted by atomic mass is 10.00. The van der Waals surface area contributed by atoms with E-state index in [0.717, 1.165) is 34.7 Å². The van der Waals surface area contributed by atoms with Crippen molar-refractivity contribution in [2.75, 3.05) is 7.11 Å². The summed E-state index contributed by atoms with van der Waals surface area (Å²) >= 11 is 1.25. The minimum atomic E-state index is -4.41. The number of hydrogen-bond acceptors (Lipinski definition) is 5. The molecule has 0 amide bonds. The van der Waals surface area contributed by atoms with Crippen molar-refractivity contribution in [1.82, 2.24) is 0 Å². The van der Waals surface area contributed by atoms with Crippen molar-refractivity contribution >= 4 is 45.3 Å². The number of esters is 1. The SMILES string of the molecule is CCCCc1c(C=CC(=O)c2ccc(C=CC(=O)OC)c(CN)c2)sc2cc(C(F)(F)F)ccc12. The second-order valence-electron chi connectivity index (χ2n) is 7.93. The molecule has 0 unspecified atom stereocenters. The molecule has 3 aromatic rings. The van der Waals surface area contributed by atoms with E-state index in [4.69, 9.17) is 5.73 Å². The van der Waals surface area contributed by atoms with Gasteiger partial charge in [0.15, 0.2) is 5.78 Å². The number of thiophene rings is 1. The van der Waals surface area contributed by atoms with Crippen LogP contribution in [0.1, 0.15) is 57.3 Å². The minimum Gasteiger partial charge on any atom is -0.466 e. The van der Waals surface area contributed by atoms with Crippen LogP contribution in [0, 0.1) is 0 Å². The van der Waals surface area contributed by atoms with Gasteiger partial charge in [-0.25, -0.2) is 4.79 Å². The van der Waals surface area contributed by atoms with E-state index in [0.29, 0.717) is 27.8 Å². The molecule has 1 aromatic heterocycles. The second-order valence-corrected chi connectivity index (χ2v) is 9.01. The smallest absolute Gasteiger partial charge is 0.416 e. The Morgan fingerprint density at radius 3 is 2.51 bits per heavy atom. The van der Waals surface area contributed by atoms with Crippen LogP contribution < -0.4 is 5.73 Å². The second kappa shape index (κ2) is 11.5. The summed E-state index contributed by atoms with van der Waals surface area (Å²) in [6, 6.07) is 8.81. The van der Waals surface area contributed by atoms with Gasteiger partial charge in [-0.1, -0.05) is 31.5 Å². The predicted octanol–water partition coefficient (Wildman–Crippen LogP) is 6.80. The summed E-state index contributed by atoms with van der Waals surface area (Å²) in [7, 11) is 1.28. The van der Waals surface area contributed by atoms with E-state index in [1.807, 2.05) is 0 Å². The van der Waals surface area contributed by atoms with E-state index in [-0.39, 0.29) is 12.3 Å². The average molecular weight is 502 g/mol. The van der Waals surface area contributed by atoms with E-state index >= 15 is 0 Å². The van der Waals surface area contributed by atoms with Gasteiger partial charge in [0.1, 0.15) is 0 Å². The zero-order valence-corrected chi connectivity index (χ0v) is 20.3. The molecule has 0 aliphatic heterocycles. The maximum absolute atomic E-state index is 13.2. The zero-order valence-electron chi connectivity index (χ0n) is 19.4. The van der Waals surface area contributed by atoms with E-state index in [2.05, 4.69) is 11.7 Å². The van der Waals surface area contributed by atoms with Crippen LogP contribution in [0.25, 0.3) is 22.2 Å². The Bertz CT molecular complexity index is 1290. The van der Waals surface area contributed by atoms with Crippen LogP contribution in [-0.4, -0.2) is 18.9 Å². The van der Waals surface area contributed by atoms with Crippen molar-refractivity contribution in [2.45, 2.75) is 38.9 Å². The van der Waals surface area contributed by atoms with Crippen LogP contribution in [0.2, 0.25) is 0 Å². The van der Waals surface area contributed by atoms with Crippen LogP contribution in [-0.2, 0) is 28.7 Å². The molecule has 0 fully saturated rings. The topological polar surface area (TPSA) is 69.4 Å². The quantitative estimate of drug-likeness (QED) is 0.199. The number of aryl methyl sites for hydroxylation is 1. The van der Waals surface area contributed by atoms with Gasteiger partial charge in [-0.2, -0.15) is 13.2 Å². The number of fused-ring (bicyclic) bond motifs is 1. The summed E-state index contributed by atoms with van der Waals surface area (Å²) in [5.41, 5.74) is 7.90. The number of ketones is 1. The Hall–Kier alpha value is -3.23. The Kier molecular flexibility index (Phi) is 8.64. The van der Waals surface area contributed by atoms with E-state index in [1.165, 1.54) is 42.7 Å². The molecule has 35 heavy (non-hydrogen) atoms. The molecule has 1 heterocycles. The fourth-order valence-corrected chi connectivity index (χ4v) is 4.86. The van der Waals surface area contributed by atoms with Crippen LogP contribution in [0.4, 0.5) is 13.2 Å². The van der Waals surface area contributed by atoms with Gasteiger partial charge < -0.3 is 10.5 Å². The Morgan fingerprint density at radius 1 is 1.09 bits per heavy atom. The van der Waals surface area contributed by atoms with E-state index < -0.39 is 17.7 Å². The van der Waals surface area contributed by atoms with Gasteiger partial charge in [0, 0.05) is 27.8 Å². The summed E-state index contributed by atoms with van der Waals surface area (Å²) in [6.07, 6.45) is 4.11. The molecule has 3 rings (SSSR count). The molecule has 0 atom stereocenters. The molecular weight excluding hydrogens is 475 g/mol. The number of hydrogen-bond donors (Lipinski definition) is 1. The van der Waals surface area contributed by atoms with Crippen molar-refractivity contribution < 1.29 is 27.5 Å². The number of carbonyl (C=O) groups is 2. The molecule has 0 saturated carbocycles. The summed E-state index contributed by atoms with van der Waals surface area (Å²) < 4.78 is 44.7. The highest BCUT2D eigenvalue weighted by molar-refractivity contribution is 7.20. The van der Waals surface area contributed by atoms with Gasteiger partial charge in [0.2, 0.25) is 0 Å². The molecule has 0 radical (unpaired) electrons. The molecule has 0 aliphatic carbocycles. The Balaban J connectivity index is 1.92. The third kappa shape index (κ3) is 6.46. The fourth-order valence-electron chi connectivity index (χ4n) is 3.66. The molecular formula is C27H26F3NO3S. The van der Waals surface area contributed by atoms with Crippen molar-refractivity contribution in [1.29, 1.82) is 0 Å². The van der Waals surface area contributed by atoms with Gasteiger partial charge >= 0.3 is 12.1 Å². The summed E-state index contributed by atoms with van der Waals surface area (Å²) in [5.74, 6) is -0.751. The van der Waals surface area contributed by atoms with Crippen molar-refractivity contribution in [3.63, 3.8) is 0 Å². The Morgan fingerprint density at radius 2 is 1.86 bits per heavy atom. The number of nitrogens with two attached hydrogens (primary N) is 1. The Labute approximate surface area is 205 Å². The molecule has 4 nitrogen and oxygen atoms in total. The largest absolute Gasteiger partial charge is 0.466 e. The van der Waals surface area contributed by atoms with Gasteiger partial charge in [0.25, 0.3) is 0 Å². The summed E-state index contributed by atoms with van der Waals surface area (Å²) in [6.45, 7) is 2.22. The fraction of sp³-hybridized carbons (Fsp3) is 0.259. The lowest BCUT2D eigenvalue weighted by Gasteiger charge is -2.06. The molecule has 2 aromatic carbocycles. The minimum absolute atomic E-state index is 0.171. The van der Waals surface area contributed by atoms with Gasteiger partial charge in [0.05, 0.1) is 12.7 Å². The number of benzene rings is 2. The van der Waals surface area contributed by atoms with E-state index in [9.17, 15) is 22.8 Å². The maximum Gasteiger partial charge on any atom is 0.416 e. The molecule has 0 spiro atoms. The van der Waals surface area contributed by atoms with Gasteiger partial charge in [-0.3, -0.25) is 4.79 Å². The lowest BCUT2D eigenvalue weighted by molar-refractivity contribution is -0.137. The predicted molar refractivity (Wildman–Crippen MR) is 134 cm³/mol. The van der Waals surface area contributed by atoms with Crippen molar-refractivity contribution in [2.24, 2.45) is 5.73 Å². The van der Waals surface area contributed by atoms with Crippen LogP contribution in [0.5, 0.6) is 0 Å². The number of rotatable bonds is 9. The zero-order chi connectivity index (χ0) is 25.6. The monoisotopic (exact) mass is 501 g/mol. The third-order valence-corrected chi connectivity index (χ3v) is 6.73. The average Bonchev–Trinajstić information content (AvgIpc) is 3.20. The summed E-state index contributed by atoms with van der Waals surface area (Å²) in [5, 5.41) is 0.788. The number of alkyl halides is 3. The molecule has 0 aliphatic rings. The first-order valence-electron chi connectivity index (χ1n) is 11.1. The molecule has 8 heteroatoms. The lowest BCUT2D eigenvalue weighted by Crippen LogP contribution is -2.03. The molecule has 2 N–H and O–H groups in total. The number of unbranched alkanes of at least 4 members (excludes halogenated alkanes) is 1. The standard InChI is InChI=1S/C27H26F3NO3S/c1-3-4-5-21-22-10-9-20(27(28,29)30)15-25(22)35-24(21)12-11-23(32)18-7-6-17(19(14-18)16-31)8-13-26(33)34-2/h6-15H,3-5,16,31H2,1-2H3. The van der Waals surface area contributed by atoms with Crippen molar-refractivity contribution in [3.8, 4) is 0 Å².